The number of fused-ring (bicyclic) bond motifs is 8. The second-order valence-electron chi connectivity index (χ2n) is 20.5. The number of thiophene rings is 2. The fourth-order valence-electron chi connectivity index (χ4n) is 11.6. The van der Waals surface area contributed by atoms with Crippen molar-refractivity contribution in [3.63, 3.8) is 0 Å². The lowest BCUT2D eigenvalue weighted by atomic mass is 9.96. The molecule has 2 heterocycles. The van der Waals surface area contributed by atoms with E-state index in [1.54, 1.807) is 0 Å². The molecule has 0 radical (unpaired) electrons. The van der Waals surface area contributed by atoms with Gasteiger partial charge in [-0.15, -0.1) is 22.7 Å². The highest BCUT2D eigenvalue weighted by atomic mass is 32.1. The minimum Gasteiger partial charge on any atom is -0.293 e. The first kappa shape index (κ1) is 50.8. The zero-order chi connectivity index (χ0) is 46.1. The Balaban J connectivity index is 1.25. The number of unbranched alkanes of at least 4 members (excludes halogenated alkanes) is 26. The van der Waals surface area contributed by atoms with Crippen molar-refractivity contribution in [1.82, 2.24) is 0 Å². The van der Waals surface area contributed by atoms with Crippen molar-refractivity contribution >= 4 is 97.5 Å². The van der Waals surface area contributed by atoms with Crippen LogP contribution in [0, 0.1) is 0 Å². The van der Waals surface area contributed by atoms with Crippen LogP contribution in [0.1, 0.15) is 264 Å². The summed E-state index contributed by atoms with van der Waals surface area (Å²) in [6.45, 7) is 9.12. The topological polar surface area (TPSA) is 34.1 Å². The normalized spacial score (nSPS) is 12.3. The highest BCUT2D eigenvalue weighted by Gasteiger charge is 2.30. The van der Waals surface area contributed by atoms with Gasteiger partial charge in [0.25, 0.3) is 0 Å². The Hall–Kier alpha value is -3.08. The first-order chi connectivity index (χ1) is 32.5. The van der Waals surface area contributed by atoms with Gasteiger partial charge in [-0.25, -0.2) is 0 Å². The van der Waals surface area contributed by atoms with Crippen LogP contribution in [0.15, 0.2) is 36.4 Å². The molecule has 7 rings (SSSR count). The Morgan fingerprint density at radius 1 is 0.333 bits per heavy atom. The molecule has 0 N–H and O–H groups in total. The van der Waals surface area contributed by atoms with Gasteiger partial charge in [0.15, 0.2) is 11.6 Å². The molecule has 0 saturated heterocycles. The SMILES string of the molecule is CCCCCCCCCCCCc1c(C(=O)CCCCCCC)sc2c1c1cccc3c1c2c1cccc2c4c(CCCCCCCCCCCC)c(C(=O)CCCCCCC)sc4c3c21. The van der Waals surface area contributed by atoms with E-state index in [0.717, 1.165) is 61.1 Å². The minimum atomic E-state index is 0.369. The number of aryl methyl sites for hydroxylation is 2. The summed E-state index contributed by atoms with van der Waals surface area (Å²) in [5.41, 5.74) is 2.67. The summed E-state index contributed by atoms with van der Waals surface area (Å²) in [6, 6.07) is 14.1. The molecule has 2 nitrogen and oxygen atoms in total. The van der Waals surface area contributed by atoms with Crippen LogP contribution >= 0.6 is 22.7 Å². The number of carbonyl (C=O) groups is 2. The summed E-state index contributed by atoms with van der Waals surface area (Å²) in [7, 11) is 0. The third-order valence-electron chi connectivity index (χ3n) is 15.3. The molecule has 66 heavy (non-hydrogen) atoms. The maximum atomic E-state index is 14.4. The number of hydrogen-bond donors (Lipinski definition) is 0. The average molecular weight is 928 g/mol. The van der Waals surface area contributed by atoms with E-state index in [1.807, 2.05) is 22.7 Å². The summed E-state index contributed by atoms with van der Waals surface area (Å²) in [6.07, 6.45) is 41.4. The van der Waals surface area contributed by atoms with Gasteiger partial charge in [-0.2, -0.15) is 0 Å². The van der Waals surface area contributed by atoms with Gasteiger partial charge >= 0.3 is 0 Å². The number of hydrogen-bond acceptors (Lipinski definition) is 4. The van der Waals surface area contributed by atoms with Crippen molar-refractivity contribution in [3.05, 3.63) is 57.3 Å². The fourth-order valence-corrected chi connectivity index (χ4v) is 14.4. The van der Waals surface area contributed by atoms with Crippen molar-refractivity contribution in [2.45, 2.75) is 246 Å². The molecule has 0 atom stereocenters. The summed E-state index contributed by atoms with van der Waals surface area (Å²) in [5, 5.41) is 13.5. The van der Waals surface area contributed by atoms with Gasteiger partial charge in [-0.05, 0) is 82.0 Å². The highest BCUT2D eigenvalue weighted by Crippen LogP contribution is 2.55. The molecule has 4 heteroatoms. The first-order valence-corrected chi connectivity index (χ1v) is 29.6. The molecule has 0 fully saturated rings. The van der Waals surface area contributed by atoms with Crippen molar-refractivity contribution in [2.24, 2.45) is 0 Å². The Morgan fingerprint density at radius 2 is 0.606 bits per heavy atom. The van der Waals surface area contributed by atoms with Crippen LogP contribution in [-0.4, -0.2) is 11.6 Å². The van der Waals surface area contributed by atoms with E-state index in [4.69, 9.17) is 0 Å². The predicted octanol–water partition coefficient (Wildman–Crippen LogP) is 21.6. The fraction of sp³-hybridized carbons (Fsp3) is 0.613. The summed E-state index contributed by atoms with van der Waals surface area (Å²) < 4.78 is 2.67. The Bertz CT molecular complexity index is 2370. The molecule has 0 unspecified atom stereocenters. The molecule has 0 spiro atoms. The molecule has 7 aromatic rings. The van der Waals surface area contributed by atoms with Gasteiger partial charge in [-0.1, -0.05) is 231 Å². The third-order valence-corrected chi connectivity index (χ3v) is 17.8. The van der Waals surface area contributed by atoms with Crippen molar-refractivity contribution in [3.8, 4) is 0 Å². The third kappa shape index (κ3) is 12.0. The lowest BCUT2D eigenvalue weighted by molar-refractivity contribution is 0.0974. The maximum absolute atomic E-state index is 14.4. The summed E-state index contributed by atoms with van der Waals surface area (Å²) in [4.78, 5) is 30.8. The zero-order valence-corrected chi connectivity index (χ0v) is 43.8. The van der Waals surface area contributed by atoms with Gasteiger partial charge < -0.3 is 0 Å². The molecule has 358 valence electrons. The van der Waals surface area contributed by atoms with Gasteiger partial charge in [-0.3, -0.25) is 9.59 Å². The van der Waals surface area contributed by atoms with Gasteiger partial charge in [0.2, 0.25) is 0 Å². The Labute approximate surface area is 408 Å². The van der Waals surface area contributed by atoms with Crippen molar-refractivity contribution < 1.29 is 9.59 Å². The van der Waals surface area contributed by atoms with Gasteiger partial charge in [0.1, 0.15) is 0 Å². The standard InChI is InChI=1S/C62H86O2S2/c1-5-9-13-17-19-21-23-25-29-31-37-49-55-45-39-35-41-47-53(45)57(61(55)65-59(49)51(63)43-33-27-15-11-7-3)48-42-36-40-46-54(48)58(47)62-56(46)50(38-32-30-26-24-22-20-18-14-10-6-2)60(66-62)52(64)44-34-28-16-12-8-4/h35-36,39-42H,5-34,37-38,43-44H2,1-4H3. The lowest BCUT2D eigenvalue weighted by Gasteiger charge is -2.09. The Morgan fingerprint density at radius 3 is 0.924 bits per heavy atom. The molecule has 0 bridgehead atoms. The molecule has 5 aromatic carbocycles. The lowest BCUT2D eigenvalue weighted by Crippen LogP contribution is -2.01. The first-order valence-electron chi connectivity index (χ1n) is 28.0. The predicted molar refractivity (Wildman–Crippen MR) is 296 cm³/mol. The van der Waals surface area contributed by atoms with E-state index in [2.05, 4.69) is 64.1 Å². The number of ketones is 2. The zero-order valence-electron chi connectivity index (χ0n) is 42.1. The largest absolute Gasteiger partial charge is 0.293 e. The highest BCUT2D eigenvalue weighted by molar-refractivity contribution is 7.23. The van der Waals surface area contributed by atoms with Gasteiger partial charge in [0, 0.05) is 43.8 Å². The van der Waals surface area contributed by atoms with E-state index >= 15 is 0 Å². The van der Waals surface area contributed by atoms with Crippen LogP contribution in [0.5, 0.6) is 0 Å². The molecule has 0 saturated carbocycles. The summed E-state index contributed by atoms with van der Waals surface area (Å²) >= 11 is 3.65. The second-order valence-corrected chi connectivity index (χ2v) is 22.5. The van der Waals surface area contributed by atoms with Crippen LogP contribution in [0.3, 0.4) is 0 Å². The average Bonchev–Trinajstić information content (AvgIpc) is 4.07. The van der Waals surface area contributed by atoms with E-state index in [1.165, 1.54) is 228 Å². The van der Waals surface area contributed by atoms with E-state index in [-0.39, 0.29) is 0 Å². The number of Topliss-reactive ketones (excluding diaryl/α,β-unsaturated/α-hetero) is 2. The molecule has 0 amide bonds. The molecular weight excluding hydrogens is 841 g/mol. The van der Waals surface area contributed by atoms with E-state index in [0.29, 0.717) is 24.4 Å². The second kappa shape index (κ2) is 26.6. The van der Waals surface area contributed by atoms with Crippen LogP contribution < -0.4 is 0 Å². The van der Waals surface area contributed by atoms with Crippen LogP contribution in [0.4, 0.5) is 0 Å². The van der Waals surface area contributed by atoms with E-state index < -0.39 is 0 Å². The molecular formula is C62H86O2S2. The molecule has 0 aliphatic rings. The van der Waals surface area contributed by atoms with Crippen molar-refractivity contribution in [2.75, 3.05) is 0 Å². The molecule has 0 aliphatic carbocycles. The monoisotopic (exact) mass is 927 g/mol. The van der Waals surface area contributed by atoms with Crippen LogP contribution in [-0.2, 0) is 12.8 Å². The Kier molecular flexibility index (Phi) is 20.5. The van der Waals surface area contributed by atoms with Crippen LogP contribution in [0.25, 0.3) is 63.3 Å². The van der Waals surface area contributed by atoms with Crippen molar-refractivity contribution in [1.29, 1.82) is 0 Å². The number of benzene rings is 3. The van der Waals surface area contributed by atoms with Crippen LogP contribution in [0.2, 0.25) is 0 Å². The minimum absolute atomic E-state index is 0.369. The number of rotatable bonds is 36. The molecule has 0 aliphatic heterocycles. The quantitative estimate of drug-likeness (QED) is 0.0223. The maximum Gasteiger partial charge on any atom is 0.173 e. The van der Waals surface area contributed by atoms with Gasteiger partial charge in [0.05, 0.1) is 9.75 Å². The summed E-state index contributed by atoms with van der Waals surface area (Å²) in [5.74, 6) is 0.739. The van der Waals surface area contributed by atoms with E-state index in [9.17, 15) is 9.59 Å². The smallest absolute Gasteiger partial charge is 0.173 e. The molecule has 2 aromatic heterocycles. The number of carbonyl (C=O) groups excluding carboxylic acids is 2.